The van der Waals surface area contributed by atoms with E-state index in [9.17, 15) is 8.42 Å². The molecule has 3 aromatic carbocycles. The van der Waals surface area contributed by atoms with Gasteiger partial charge in [-0.05, 0) is 42.0 Å². The van der Waals surface area contributed by atoms with Crippen LogP contribution < -0.4 is 10.6 Å². The van der Waals surface area contributed by atoms with Gasteiger partial charge in [0, 0.05) is 23.9 Å². The Morgan fingerprint density at radius 1 is 0.967 bits per heavy atom. The van der Waals surface area contributed by atoms with Crippen LogP contribution in [0.3, 0.4) is 0 Å². The van der Waals surface area contributed by atoms with Gasteiger partial charge in [-0.15, -0.1) is 0 Å². The van der Waals surface area contributed by atoms with E-state index in [0.717, 1.165) is 16.9 Å². The SMILES string of the molecule is CS(=O)(=O)c1ccc2ncnc(Nc3ccc(NCc4ccccc4)c(Cl)c3)c2c1. The molecule has 1 aromatic heterocycles. The summed E-state index contributed by atoms with van der Waals surface area (Å²) in [6.07, 6.45) is 2.61. The highest BCUT2D eigenvalue weighted by atomic mass is 35.5. The molecule has 4 rings (SSSR count). The lowest BCUT2D eigenvalue weighted by molar-refractivity contribution is 0.602. The Kier molecular flexibility index (Phi) is 5.57. The number of benzene rings is 3. The topological polar surface area (TPSA) is 84.0 Å². The number of fused-ring (bicyclic) bond motifs is 1. The maximum Gasteiger partial charge on any atom is 0.175 e. The molecule has 6 nitrogen and oxygen atoms in total. The molecule has 8 heteroatoms. The molecule has 30 heavy (non-hydrogen) atoms. The Morgan fingerprint density at radius 2 is 1.77 bits per heavy atom. The number of hydrogen-bond donors (Lipinski definition) is 2. The number of sulfone groups is 1. The van der Waals surface area contributed by atoms with Crippen molar-refractivity contribution in [2.45, 2.75) is 11.4 Å². The van der Waals surface area contributed by atoms with Crippen LogP contribution in [0.15, 0.2) is 78.0 Å². The first-order valence-electron chi connectivity index (χ1n) is 9.19. The van der Waals surface area contributed by atoms with Crippen molar-refractivity contribution >= 4 is 49.5 Å². The minimum absolute atomic E-state index is 0.214. The molecule has 0 atom stereocenters. The molecule has 0 saturated carbocycles. The Labute approximate surface area is 179 Å². The van der Waals surface area contributed by atoms with E-state index in [-0.39, 0.29) is 4.90 Å². The molecular weight excluding hydrogens is 420 g/mol. The van der Waals surface area contributed by atoms with Gasteiger partial charge in [-0.25, -0.2) is 18.4 Å². The van der Waals surface area contributed by atoms with Crippen LogP contribution in [0.2, 0.25) is 5.02 Å². The smallest absolute Gasteiger partial charge is 0.175 e. The van der Waals surface area contributed by atoms with Gasteiger partial charge in [-0.1, -0.05) is 41.9 Å². The van der Waals surface area contributed by atoms with E-state index in [1.165, 1.54) is 12.6 Å². The van der Waals surface area contributed by atoms with Crippen molar-refractivity contribution in [1.29, 1.82) is 0 Å². The maximum absolute atomic E-state index is 11.9. The quantitative estimate of drug-likeness (QED) is 0.438. The molecule has 1 heterocycles. The van der Waals surface area contributed by atoms with Crippen molar-refractivity contribution in [3.05, 3.63) is 83.6 Å². The van der Waals surface area contributed by atoms with E-state index in [1.807, 2.05) is 42.5 Å². The molecule has 2 N–H and O–H groups in total. The molecular formula is C22H19ClN4O2S. The highest BCUT2D eigenvalue weighted by Crippen LogP contribution is 2.30. The first-order chi connectivity index (χ1) is 14.4. The number of nitrogens with one attached hydrogen (secondary N) is 2. The number of rotatable bonds is 6. The normalized spacial score (nSPS) is 11.4. The molecule has 0 bridgehead atoms. The number of aromatic nitrogens is 2. The van der Waals surface area contributed by atoms with E-state index in [4.69, 9.17) is 11.6 Å². The standard InChI is InChI=1S/C22H19ClN4O2S/c1-30(28,29)17-8-10-20-18(12-17)22(26-14-25-20)27-16-7-9-21(19(23)11-16)24-13-15-5-3-2-4-6-15/h2-12,14,24H,13H2,1H3,(H,25,26,27). The van der Waals surface area contributed by atoms with Gasteiger partial charge >= 0.3 is 0 Å². The summed E-state index contributed by atoms with van der Waals surface area (Å²) in [7, 11) is -3.34. The maximum atomic E-state index is 11.9. The van der Waals surface area contributed by atoms with Gasteiger partial charge in [-0.2, -0.15) is 0 Å². The summed E-state index contributed by atoms with van der Waals surface area (Å²) in [5.74, 6) is 0.506. The number of hydrogen-bond acceptors (Lipinski definition) is 6. The third kappa shape index (κ3) is 4.53. The Morgan fingerprint density at radius 3 is 2.50 bits per heavy atom. The van der Waals surface area contributed by atoms with Crippen molar-refractivity contribution in [2.24, 2.45) is 0 Å². The largest absolute Gasteiger partial charge is 0.380 e. The first kappa shape index (κ1) is 20.1. The zero-order chi connectivity index (χ0) is 21.1. The minimum atomic E-state index is -3.34. The fourth-order valence-electron chi connectivity index (χ4n) is 3.03. The van der Waals surface area contributed by atoms with Crippen molar-refractivity contribution in [3.63, 3.8) is 0 Å². The minimum Gasteiger partial charge on any atom is -0.380 e. The third-order valence-electron chi connectivity index (χ3n) is 4.59. The fourth-order valence-corrected chi connectivity index (χ4v) is 3.93. The number of anilines is 3. The zero-order valence-corrected chi connectivity index (χ0v) is 17.7. The predicted octanol–water partition coefficient (Wildman–Crippen LogP) is 5.04. The van der Waals surface area contributed by atoms with Crippen LogP contribution in [-0.4, -0.2) is 24.6 Å². The summed E-state index contributed by atoms with van der Waals surface area (Å²) >= 11 is 6.45. The second-order valence-corrected chi connectivity index (χ2v) is 9.26. The monoisotopic (exact) mass is 438 g/mol. The molecule has 0 aliphatic heterocycles. The molecule has 0 saturated heterocycles. The second kappa shape index (κ2) is 8.30. The molecule has 4 aromatic rings. The van der Waals surface area contributed by atoms with E-state index in [0.29, 0.717) is 28.3 Å². The van der Waals surface area contributed by atoms with Gasteiger partial charge in [0.05, 0.1) is 21.1 Å². The van der Waals surface area contributed by atoms with E-state index in [1.54, 1.807) is 24.3 Å². The summed E-state index contributed by atoms with van der Waals surface area (Å²) in [6, 6.07) is 20.4. The average Bonchev–Trinajstić information content (AvgIpc) is 2.73. The molecule has 0 unspecified atom stereocenters. The Balaban J connectivity index is 1.58. The van der Waals surface area contributed by atoms with Gasteiger partial charge in [-0.3, -0.25) is 0 Å². The Hall–Kier alpha value is -3.16. The fraction of sp³-hybridized carbons (Fsp3) is 0.0909. The molecule has 0 aliphatic rings. The predicted molar refractivity (Wildman–Crippen MR) is 121 cm³/mol. The van der Waals surface area contributed by atoms with Gasteiger partial charge in [0.15, 0.2) is 9.84 Å². The summed E-state index contributed by atoms with van der Waals surface area (Å²) in [5, 5.41) is 7.71. The third-order valence-corrected chi connectivity index (χ3v) is 6.02. The van der Waals surface area contributed by atoms with Gasteiger partial charge < -0.3 is 10.6 Å². The summed E-state index contributed by atoms with van der Waals surface area (Å²) in [4.78, 5) is 8.70. The molecule has 152 valence electrons. The molecule has 0 spiro atoms. The van der Waals surface area contributed by atoms with E-state index in [2.05, 4.69) is 20.6 Å². The van der Waals surface area contributed by atoms with Gasteiger partial charge in [0.25, 0.3) is 0 Å². The molecule has 0 amide bonds. The average molecular weight is 439 g/mol. The lowest BCUT2D eigenvalue weighted by Gasteiger charge is -2.12. The van der Waals surface area contributed by atoms with E-state index < -0.39 is 9.84 Å². The highest BCUT2D eigenvalue weighted by Gasteiger charge is 2.12. The number of nitrogens with zero attached hydrogens (tertiary/aromatic N) is 2. The van der Waals surface area contributed by atoms with E-state index >= 15 is 0 Å². The molecule has 0 fully saturated rings. The second-order valence-electron chi connectivity index (χ2n) is 6.83. The Bertz CT molecular complexity index is 1310. The zero-order valence-electron chi connectivity index (χ0n) is 16.1. The van der Waals surface area contributed by atoms with Crippen molar-refractivity contribution in [1.82, 2.24) is 9.97 Å². The van der Waals surface area contributed by atoms with Crippen LogP contribution in [0.25, 0.3) is 10.9 Å². The van der Waals surface area contributed by atoms with Crippen molar-refractivity contribution in [3.8, 4) is 0 Å². The van der Waals surface area contributed by atoms with Gasteiger partial charge in [0.1, 0.15) is 12.1 Å². The summed E-state index contributed by atoms with van der Waals surface area (Å²) in [6.45, 7) is 0.665. The van der Waals surface area contributed by atoms with Crippen LogP contribution >= 0.6 is 11.6 Å². The van der Waals surface area contributed by atoms with Crippen molar-refractivity contribution < 1.29 is 8.42 Å². The van der Waals surface area contributed by atoms with Crippen LogP contribution in [0, 0.1) is 0 Å². The van der Waals surface area contributed by atoms with Crippen LogP contribution in [0.1, 0.15) is 5.56 Å². The van der Waals surface area contributed by atoms with Crippen LogP contribution in [0.4, 0.5) is 17.2 Å². The van der Waals surface area contributed by atoms with Crippen molar-refractivity contribution in [2.75, 3.05) is 16.9 Å². The lowest BCUT2D eigenvalue weighted by Crippen LogP contribution is -2.01. The van der Waals surface area contributed by atoms with Crippen LogP contribution in [0.5, 0.6) is 0 Å². The summed E-state index contributed by atoms with van der Waals surface area (Å²) in [5.41, 5.74) is 3.35. The molecule has 0 aliphatic carbocycles. The summed E-state index contributed by atoms with van der Waals surface area (Å²) < 4.78 is 23.8. The lowest BCUT2D eigenvalue weighted by atomic mass is 10.2. The highest BCUT2D eigenvalue weighted by molar-refractivity contribution is 7.90. The van der Waals surface area contributed by atoms with Gasteiger partial charge in [0.2, 0.25) is 0 Å². The first-order valence-corrected chi connectivity index (χ1v) is 11.5. The van der Waals surface area contributed by atoms with Crippen LogP contribution in [-0.2, 0) is 16.4 Å². The number of halogens is 1. The molecule has 0 radical (unpaired) electrons.